The molecule has 0 saturated heterocycles. The van der Waals surface area contributed by atoms with E-state index >= 15 is 0 Å². The summed E-state index contributed by atoms with van der Waals surface area (Å²) >= 11 is 0. The van der Waals surface area contributed by atoms with Gasteiger partial charge in [-0.15, -0.1) is 0 Å². The van der Waals surface area contributed by atoms with Crippen LogP contribution in [0.1, 0.15) is 18.1 Å². The molecule has 8 heteroatoms. The fraction of sp³-hybridized carbons (Fsp3) is 0.292. The molecule has 3 N–H and O–H groups in total. The zero-order chi connectivity index (χ0) is 22.5. The molecule has 0 aliphatic rings. The van der Waals surface area contributed by atoms with E-state index in [1.165, 1.54) is 0 Å². The summed E-state index contributed by atoms with van der Waals surface area (Å²) in [6.45, 7) is 5.03. The SMILES string of the molecule is CCN(CCN)c1nc2nc(NCc3ccccc3)n(C)c(=O)c2n1Cc1ccccc1. The first-order valence-electron chi connectivity index (χ1n) is 10.9. The maximum atomic E-state index is 13.4. The van der Waals surface area contributed by atoms with E-state index in [1.54, 1.807) is 11.6 Å². The zero-order valence-corrected chi connectivity index (χ0v) is 18.5. The van der Waals surface area contributed by atoms with E-state index in [0.29, 0.717) is 49.2 Å². The quantitative estimate of drug-likeness (QED) is 0.423. The summed E-state index contributed by atoms with van der Waals surface area (Å²) in [6, 6.07) is 20.1. The Hall–Kier alpha value is -3.65. The number of anilines is 2. The molecule has 0 aliphatic heterocycles. The normalized spacial score (nSPS) is 11.1. The summed E-state index contributed by atoms with van der Waals surface area (Å²) < 4.78 is 3.51. The molecule has 0 radical (unpaired) electrons. The monoisotopic (exact) mass is 431 g/mol. The van der Waals surface area contributed by atoms with E-state index in [9.17, 15) is 4.79 Å². The Morgan fingerprint density at radius 2 is 1.66 bits per heavy atom. The lowest BCUT2D eigenvalue weighted by Gasteiger charge is -2.22. The summed E-state index contributed by atoms with van der Waals surface area (Å²) in [7, 11) is 1.74. The van der Waals surface area contributed by atoms with Crippen LogP contribution in [0, 0.1) is 0 Å². The van der Waals surface area contributed by atoms with E-state index in [2.05, 4.69) is 17.1 Å². The maximum absolute atomic E-state index is 13.4. The van der Waals surface area contributed by atoms with E-state index in [4.69, 9.17) is 15.7 Å². The number of benzene rings is 2. The molecule has 166 valence electrons. The van der Waals surface area contributed by atoms with Crippen LogP contribution < -0.4 is 21.5 Å². The molecule has 4 rings (SSSR count). The first-order valence-corrected chi connectivity index (χ1v) is 10.9. The van der Waals surface area contributed by atoms with Gasteiger partial charge in [0.25, 0.3) is 5.56 Å². The minimum absolute atomic E-state index is 0.135. The number of imidazole rings is 1. The van der Waals surface area contributed by atoms with Crippen molar-refractivity contribution in [3.05, 3.63) is 82.1 Å². The Balaban J connectivity index is 1.80. The van der Waals surface area contributed by atoms with Crippen molar-refractivity contribution in [3.8, 4) is 0 Å². The van der Waals surface area contributed by atoms with Gasteiger partial charge in [0.1, 0.15) is 0 Å². The van der Waals surface area contributed by atoms with Gasteiger partial charge in [-0.1, -0.05) is 60.7 Å². The third-order valence-corrected chi connectivity index (χ3v) is 5.51. The van der Waals surface area contributed by atoms with Crippen LogP contribution in [0.25, 0.3) is 11.2 Å². The molecule has 0 unspecified atom stereocenters. The van der Waals surface area contributed by atoms with Crippen molar-refractivity contribution in [1.29, 1.82) is 0 Å². The highest BCUT2D eigenvalue weighted by molar-refractivity contribution is 5.75. The number of likely N-dealkylation sites (N-methyl/N-ethyl adjacent to an activating group) is 1. The fourth-order valence-electron chi connectivity index (χ4n) is 3.80. The smallest absolute Gasteiger partial charge is 0.281 e. The Kier molecular flexibility index (Phi) is 6.51. The van der Waals surface area contributed by atoms with Gasteiger partial charge in [-0.25, -0.2) is 0 Å². The van der Waals surface area contributed by atoms with E-state index in [0.717, 1.165) is 17.7 Å². The van der Waals surface area contributed by atoms with E-state index in [-0.39, 0.29) is 5.56 Å². The zero-order valence-electron chi connectivity index (χ0n) is 18.5. The molecular weight excluding hydrogens is 402 g/mol. The van der Waals surface area contributed by atoms with Crippen molar-refractivity contribution in [2.45, 2.75) is 20.0 Å². The van der Waals surface area contributed by atoms with Crippen molar-refractivity contribution >= 4 is 23.1 Å². The molecule has 0 amide bonds. The molecule has 0 spiro atoms. The number of hydrogen-bond acceptors (Lipinski definition) is 6. The van der Waals surface area contributed by atoms with Crippen LogP contribution in [0.2, 0.25) is 0 Å². The molecule has 0 atom stereocenters. The number of hydrogen-bond donors (Lipinski definition) is 2. The fourth-order valence-corrected chi connectivity index (χ4v) is 3.80. The first kappa shape index (κ1) is 21.6. The number of nitrogens with two attached hydrogens (primary N) is 1. The molecule has 0 saturated carbocycles. The van der Waals surface area contributed by atoms with Crippen LogP contribution >= 0.6 is 0 Å². The van der Waals surface area contributed by atoms with Crippen LogP contribution in [-0.2, 0) is 20.1 Å². The average molecular weight is 432 g/mol. The van der Waals surface area contributed by atoms with Gasteiger partial charge >= 0.3 is 0 Å². The number of fused-ring (bicyclic) bond motifs is 1. The van der Waals surface area contributed by atoms with Crippen LogP contribution in [0.4, 0.5) is 11.9 Å². The second kappa shape index (κ2) is 9.65. The van der Waals surface area contributed by atoms with Gasteiger partial charge in [-0.2, -0.15) is 9.97 Å². The highest BCUT2D eigenvalue weighted by Gasteiger charge is 2.21. The van der Waals surface area contributed by atoms with Gasteiger partial charge < -0.3 is 16.0 Å². The number of nitrogens with one attached hydrogen (secondary N) is 1. The summed E-state index contributed by atoms with van der Waals surface area (Å²) in [5, 5.41) is 3.28. The van der Waals surface area contributed by atoms with Gasteiger partial charge in [-0.3, -0.25) is 13.9 Å². The predicted octanol–water partition coefficient (Wildman–Crippen LogP) is 2.58. The molecule has 4 aromatic rings. The van der Waals surface area contributed by atoms with E-state index < -0.39 is 0 Å². The van der Waals surface area contributed by atoms with E-state index in [1.807, 2.05) is 65.2 Å². The van der Waals surface area contributed by atoms with Crippen LogP contribution in [-0.4, -0.2) is 38.7 Å². The minimum atomic E-state index is -0.135. The molecule has 0 aliphatic carbocycles. The van der Waals surface area contributed by atoms with Crippen LogP contribution in [0.3, 0.4) is 0 Å². The highest BCUT2D eigenvalue weighted by Crippen LogP contribution is 2.22. The first-order chi connectivity index (χ1) is 15.6. The molecule has 0 fully saturated rings. The largest absolute Gasteiger partial charge is 0.351 e. The standard InChI is InChI=1S/C24H29N7O/c1-3-30(15-14-25)24-28-21-20(31(24)17-19-12-8-5-9-13-19)22(32)29(2)23(27-21)26-16-18-10-6-4-7-11-18/h4-13H,3,14-17,25H2,1-2H3,(H,26,27). The van der Waals surface area contributed by atoms with Crippen molar-refractivity contribution in [3.63, 3.8) is 0 Å². The maximum Gasteiger partial charge on any atom is 0.281 e. The van der Waals surface area contributed by atoms with Crippen molar-refractivity contribution in [2.75, 3.05) is 29.9 Å². The summed E-state index contributed by atoms with van der Waals surface area (Å²) in [5.41, 5.74) is 8.83. The molecule has 32 heavy (non-hydrogen) atoms. The Bertz CT molecular complexity index is 1230. The van der Waals surface area contributed by atoms with Gasteiger partial charge in [-0.05, 0) is 18.1 Å². The van der Waals surface area contributed by atoms with Gasteiger partial charge in [0.15, 0.2) is 11.2 Å². The third kappa shape index (κ3) is 4.36. The second-order valence-electron chi connectivity index (χ2n) is 7.66. The highest BCUT2D eigenvalue weighted by atomic mass is 16.1. The van der Waals surface area contributed by atoms with Gasteiger partial charge in [0.05, 0.1) is 6.54 Å². The van der Waals surface area contributed by atoms with Gasteiger partial charge in [0, 0.05) is 33.2 Å². The molecule has 2 aromatic carbocycles. The van der Waals surface area contributed by atoms with Crippen LogP contribution in [0.5, 0.6) is 0 Å². The van der Waals surface area contributed by atoms with Crippen LogP contribution in [0.15, 0.2) is 65.5 Å². The number of aromatic nitrogens is 4. The number of nitrogens with zero attached hydrogens (tertiary/aromatic N) is 5. The third-order valence-electron chi connectivity index (χ3n) is 5.51. The molecule has 2 heterocycles. The summed E-state index contributed by atoms with van der Waals surface area (Å²) in [6.07, 6.45) is 0. The topological polar surface area (TPSA) is 94.0 Å². The lowest BCUT2D eigenvalue weighted by Crippen LogP contribution is -2.32. The summed E-state index contributed by atoms with van der Waals surface area (Å²) in [5.74, 6) is 1.20. The Morgan fingerprint density at radius 1 is 1.00 bits per heavy atom. The molecule has 8 nitrogen and oxygen atoms in total. The van der Waals surface area contributed by atoms with Gasteiger partial charge in [0.2, 0.25) is 11.9 Å². The molecular formula is C24H29N7O. The lowest BCUT2D eigenvalue weighted by molar-refractivity contribution is 0.724. The Morgan fingerprint density at radius 3 is 2.28 bits per heavy atom. The van der Waals surface area contributed by atoms with Crippen molar-refractivity contribution < 1.29 is 0 Å². The minimum Gasteiger partial charge on any atom is -0.351 e. The second-order valence-corrected chi connectivity index (χ2v) is 7.66. The molecule has 0 bridgehead atoms. The average Bonchev–Trinajstić information content (AvgIpc) is 3.18. The number of rotatable bonds is 9. The van der Waals surface area contributed by atoms with Crippen molar-refractivity contribution in [2.24, 2.45) is 12.8 Å². The molecule has 2 aromatic heterocycles. The van der Waals surface area contributed by atoms with Crippen molar-refractivity contribution in [1.82, 2.24) is 19.1 Å². The summed E-state index contributed by atoms with van der Waals surface area (Å²) in [4.78, 5) is 25.0. The Labute approximate surface area is 187 Å². The lowest BCUT2D eigenvalue weighted by atomic mass is 10.2. The predicted molar refractivity (Wildman–Crippen MR) is 129 cm³/mol.